The third kappa shape index (κ3) is 5.79. The number of anilines is 3. The van der Waals surface area contributed by atoms with Gasteiger partial charge in [0.1, 0.15) is 27.1 Å². The Morgan fingerprint density at radius 3 is 2.68 bits per heavy atom. The van der Waals surface area contributed by atoms with Crippen molar-refractivity contribution >= 4 is 56.5 Å². The smallest absolute Gasteiger partial charge is 0.331 e. The number of rotatable bonds is 7. The van der Waals surface area contributed by atoms with Gasteiger partial charge in [0.25, 0.3) is 11.8 Å². The number of thiophene rings is 1. The van der Waals surface area contributed by atoms with Crippen molar-refractivity contribution in [2.75, 3.05) is 23.3 Å². The van der Waals surface area contributed by atoms with Crippen LogP contribution in [-0.4, -0.2) is 51.8 Å². The third-order valence-corrected chi connectivity index (χ3v) is 10.2. The fraction of sp³-hybridized carbons (Fsp3) is 0.314. The number of urea groups is 1. The van der Waals surface area contributed by atoms with E-state index in [1.54, 1.807) is 29.3 Å². The molecule has 0 spiro atoms. The quantitative estimate of drug-likeness (QED) is 0.165. The molecule has 12 heteroatoms. The van der Waals surface area contributed by atoms with Crippen LogP contribution in [0.3, 0.4) is 0 Å². The molecular weight excluding hydrogens is 614 g/mol. The van der Waals surface area contributed by atoms with Crippen molar-refractivity contribution in [2.24, 2.45) is 5.41 Å². The first-order valence-electron chi connectivity index (χ1n) is 15.7. The molecule has 4 aromatic rings. The Hall–Kier alpha value is -5.28. The van der Waals surface area contributed by atoms with Crippen LogP contribution in [0.5, 0.6) is 11.6 Å². The summed E-state index contributed by atoms with van der Waals surface area (Å²) in [6.45, 7) is 4.72. The van der Waals surface area contributed by atoms with Crippen molar-refractivity contribution in [3.63, 3.8) is 0 Å². The Balaban J connectivity index is 1.11. The summed E-state index contributed by atoms with van der Waals surface area (Å²) in [7, 11) is 0. The Morgan fingerprint density at radius 1 is 1.15 bits per heavy atom. The minimum absolute atomic E-state index is 0.102. The van der Waals surface area contributed by atoms with Crippen molar-refractivity contribution in [1.82, 2.24) is 20.2 Å². The lowest BCUT2D eigenvalue weighted by molar-refractivity contribution is -0.128. The third-order valence-electron chi connectivity index (χ3n) is 9.07. The summed E-state index contributed by atoms with van der Waals surface area (Å²) in [5.41, 5.74) is 2.23. The van der Waals surface area contributed by atoms with E-state index in [0.717, 1.165) is 19.3 Å². The van der Waals surface area contributed by atoms with E-state index in [1.807, 2.05) is 43.3 Å². The zero-order valence-corrected chi connectivity index (χ0v) is 26.9. The molecule has 0 bridgehead atoms. The molecule has 11 nitrogen and oxygen atoms in total. The van der Waals surface area contributed by atoms with Crippen molar-refractivity contribution in [3.05, 3.63) is 76.9 Å². The van der Waals surface area contributed by atoms with Crippen LogP contribution in [0.15, 0.2) is 66.4 Å². The van der Waals surface area contributed by atoms with Crippen molar-refractivity contribution < 1.29 is 19.1 Å². The lowest BCUT2D eigenvalue weighted by Gasteiger charge is -2.37. The molecule has 2 aliphatic heterocycles. The Labute approximate surface area is 275 Å². The van der Waals surface area contributed by atoms with E-state index in [4.69, 9.17) is 4.74 Å². The molecule has 2 N–H and O–H groups in total. The summed E-state index contributed by atoms with van der Waals surface area (Å²) < 4.78 is 5.88. The molecule has 1 atom stereocenters. The number of piperidine rings is 1. The van der Waals surface area contributed by atoms with Crippen molar-refractivity contribution in [3.8, 4) is 17.7 Å². The number of hydrogen-bond acceptors (Lipinski definition) is 8. The summed E-state index contributed by atoms with van der Waals surface area (Å²) in [6, 6.07) is 16.0. The summed E-state index contributed by atoms with van der Waals surface area (Å²) in [6.07, 6.45) is 7.88. The van der Waals surface area contributed by atoms with Gasteiger partial charge in [-0.25, -0.2) is 14.8 Å². The fourth-order valence-electron chi connectivity index (χ4n) is 6.49. The SMILES string of the molecule is Cc1nc(Oc2ccccc2)ccc1N1C(=O)Nc2c(C(=O)NC3CCCN(C(=O)C(C#N)=CC4(C)CCC4)C3)sc3nccc1c23. The van der Waals surface area contributed by atoms with Crippen LogP contribution in [0.4, 0.5) is 21.9 Å². The Kier molecular flexibility index (Phi) is 7.85. The van der Waals surface area contributed by atoms with Crippen LogP contribution >= 0.6 is 11.3 Å². The number of nitrogens with one attached hydrogen (secondary N) is 2. The second kappa shape index (κ2) is 12.1. The molecule has 7 rings (SSSR count). The second-order valence-electron chi connectivity index (χ2n) is 12.5. The maximum Gasteiger partial charge on any atom is 0.331 e. The predicted molar refractivity (Wildman–Crippen MR) is 179 cm³/mol. The van der Waals surface area contributed by atoms with Gasteiger partial charge in [0.15, 0.2) is 0 Å². The van der Waals surface area contributed by atoms with Gasteiger partial charge in [-0.1, -0.05) is 37.6 Å². The number of carbonyl (C=O) groups is 3. The van der Waals surface area contributed by atoms with Gasteiger partial charge < -0.3 is 20.3 Å². The number of aromatic nitrogens is 2. The Bertz CT molecular complexity index is 1980. The zero-order chi connectivity index (χ0) is 32.7. The highest BCUT2D eigenvalue weighted by Gasteiger charge is 2.36. The average Bonchev–Trinajstić information content (AvgIpc) is 3.43. The van der Waals surface area contributed by atoms with Gasteiger partial charge in [-0.2, -0.15) is 5.26 Å². The first kappa shape index (κ1) is 30.4. The van der Waals surface area contributed by atoms with Gasteiger partial charge in [-0.05, 0) is 62.3 Å². The number of para-hydroxylation sites is 1. The van der Waals surface area contributed by atoms with Crippen LogP contribution in [0.2, 0.25) is 0 Å². The van der Waals surface area contributed by atoms with Crippen LogP contribution in [0.25, 0.3) is 10.2 Å². The summed E-state index contributed by atoms with van der Waals surface area (Å²) in [5, 5.41) is 16.4. The lowest BCUT2D eigenvalue weighted by Crippen LogP contribution is -2.50. The largest absolute Gasteiger partial charge is 0.439 e. The number of likely N-dealkylation sites (tertiary alicyclic amines) is 1. The molecule has 1 saturated carbocycles. The number of nitrogens with zero attached hydrogens (tertiary/aromatic N) is 5. The number of carbonyl (C=O) groups excluding carboxylic acids is 3. The molecule has 1 aromatic carbocycles. The highest BCUT2D eigenvalue weighted by molar-refractivity contribution is 7.21. The highest BCUT2D eigenvalue weighted by Crippen LogP contribution is 2.46. The van der Waals surface area contributed by atoms with Gasteiger partial charge in [-0.3, -0.25) is 14.5 Å². The Morgan fingerprint density at radius 2 is 1.96 bits per heavy atom. The van der Waals surface area contributed by atoms with Gasteiger partial charge >= 0.3 is 6.03 Å². The molecule has 3 aliphatic rings. The minimum atomic E-state index is -0.426. The number of hydrogen-bond donors (Lipinski definition) is 2. The highest BCUT2D eigenvalue weighted by atomic mass is 32.1. The number of nitriles is 1. The molecular formula is C35H33N7O4S. The molecule has 1 unspecified atom stereocenters. The summed E-state index contributed by atoms with van der Waals surface area (Å²) in [5.74, 6) is 0.421. The van der Waals surface area contributed by atoms with Gasteiger partial charge in [-0.15, -0.1) is 11.3 Å². The first-order valence-corrected chi connectivity index (χ1v) is 16.5. The topological polar surface area (TPSA) is 141 Å². The molecule has 3 aromatic heterocycles. The van der Waals surface area contributed by atoms with E-state index in [-0.39, 0.29) is 28.8 Å². The predicted octanol–water partition coefficient (Wildman–Crippen LogP) is 6.84. The molecule has 238 valence electrons. The molecule has 4 amide bonds. The molecule has 1 saturated heterocycles. The van der Waals surface area contributed by atoms with E-state index < -0.39 is 6.03 Å². The number of aryl methyl sites for hydroxylation is 1. The minimum Gasteiger partial charge on any atom is -0.439 e. The summed E-state index contributed by atoms with van der Waals surface area (Å²) in [4.78, 5) is 53.9. The number of ether oxygens (including phenoxy) is 1. The van der Waals surface area contributed by atoms with Gasteiger partial charge in [0, 0.05) is 31.4 Å². The molecule has 2 fully saturated rings. The summed E-state index contributed by atoms with van der Waals surface area (Å²) >= 11 is 1.20. The molecule has 5 heterocycles. The van der Waals surface area contributed by atoms with Gasteiger partial charge in [0.2, 0.25) is 5.88 Å². The van der Waals surface area contributed by atoms with E-state index in [1.165, 1.54) is 16.2 Å². The van der Waals surface area contributed by atoms with Crippen LogP contribution in [-0.2, 0) is 4.79 Å². The van der Waals surface area contributed by atoms with Crippen LogP contribution < -0.4 is 20.3 Å². The number of allylic oxidation sites excluding steroid dienone is 1. The first-order chi connectivity index (χ1) is 22.7. The number of pyridine rings is 2. The molecule has 0 radical (unpaired) electrons. The zero-order valence-electron chi connectivity index (χ0n) is 26.1. The van der Waals surface area contributed by atoms with E-state index in [2.05, 4.69) is 33.6 Å². The number of benzene rings is 1. The van der Waals surface area contributed by atoms with E-state index in [9.17, 15) is 19.6 Å². The van der Waals surface area contributed by atoms with Crippen molar-refractivity contribution in [2.45, 2.75) is 52.0 Å². The van der Waals surface area contributed by atoms with Gasteiger partial charge in [0.05, 0.1) is 28.1 Å². The standard InChI is InChI=1S/C35H33N7O4S/c1-21-25(11-12-27(38-21)46-24-9-4-3-5-10-24)42-26-13-16-37-32-28(26)29(40-34(42)45)30(47-32)31(43)39-23-8-6-17-41(20-23)33(44)22(19-36)18-35(2)14-7-15-35/h3-5,9-13,16,18,23H,6-8,14-15,17,20H2,1-2H3,(H,39,43)(H,40,45). The van der Waals surface area contributed by atoms with E-state index >= 15 is 0 Å². The fourth-order valence-corrected chi connectivity index (χ4v) is 7.51. The molecule has 47 heavy (non-hydrogen) atoms. The normalized spacial score (nSPS) is 18.6. The lowest BCUT2D eigenvalue weighted by atomic mass is 9.69. The van der Waals surface area contributed by atoms with Crippen LogP contribution in [0, 0.1) is 23.7 Å². The van der Waals surface area contributed by atoms with Crippen molar-refractivity contribution in [1.29, 1.82) is 5.26 Å². The second-order valence-corrected chi connectivity index (χ2v) is 13.5. The maximum atomic E-state index is 13.7. The maximum absolute atomic E-state index is 13.7. The van der Waals surface area contributed by atoms with E-state index in [0.29, 0.717) is 75.4 Å². The monoisotopic (exact) mass is 647 g/mol. The van der Waals surface area contributed by atoms with Crippen LogP contribution in [0.1, 0.15) is 54.4 Å². The molecule has 1 aliphatic carbocycles. The number of amides is 4. The average molecular weight is 648 g/mol.